The van der Waals surface area contributed by atoms with E-state index in [0.717, 1.165) is 164 Å². The fraction of sp³-hybridized carbons (Fsp3) is 0. The standard InChI is InChI=1S/C99H51F18N9/c100-46-10-1-11-47(101)82(46)91-64-28-30-66(118-64)92(83-48(102)12-2-13-49(83)103)68-32-34-70(120-68)94(85-52(106)16-4-17-53(85)107)72-36-38-74(122-72)96(87-56(110)20-6-21-57(87)111)76-40-42-78(124-76)98(89-60(114)24-8-25-61(89)115)80-44-45-81(126-80)99(90-62(116)26-9-27-63(90)117)79-43-41-77(125-79)97(88-58(112)22-7-23-59(88)113)75-39-37-73(123-75)95(86-54(108)18-5-19-55(86)109)71-35-33-69(121-71)93(67-31-29-65(91)119-67)84-50(104)14-3-15-51(84)105/h1-45,118-120,123-125H. The highest BCUT2D eigenvalue weighted by Crippen LogP contribution is 2.47. The van der Waals surface area contributed by atoms with E-state index in [1.807, 2.05) is 0 Å². The average molecular weight is 1710 g/mol. The van der Waals surface area contributed by atoms with E-state index in [-0.39, 0.29) is 111 Å². The Kier molecular flexibility index (Phi) is 20.2. The number of hydrogen-bond donors (Lipinski definition) is 6. The summed E-state index contributed by atoms with van der Waals surface area (Å²) >= 11 is 0. The van der Waals surface area contributed by atoms with Gasteiger partial charge in [0.15, 0.2) is 0 Å². The SMILES string of the molecule is Fc1cccc(F)c1-c1c2nc(c(-c3c(F)cccc3F)c3ccc([nH]3)c(-c3c(F)cccc3F)c3ccc([nH]3)c(-c3c(F)cccc3F)c3nc(c(-c4c(F)cccc4F)c4ccc([nH]4)c(-c4c(F)cccc4F)c4ccc([nH]4)c(-c4c(F)cccc4F)c4ccc([nH]4)c(-c4c(F)cccc4F)c4nc(c(-c5c(F)cccc5F)c5ccc1[nH]5)C=C4)C=C3)C=C2. The lowest BCUT2D eigenvalue weighted by Gasteiger charge is -2.09. The van der Waals surface area contributed by atoms with Crippen LogP contribution in [0.15, 0.2) is 237 Å². The maximum Gasteiger partial charge on any atom is 0.134 e. The molecule has 0 saturated carbocycles. The molecule has 0 atom stereocenters. The zero-order chi connectivity index (χ0) is 87.4. The summed E-state index contributed by atoms with van der Waals surface area (Å²) < 4.78 is 304. The Hall–Kier alpha value is -15.9. The van der Waals surface area contributed by atoms with Crippen LogP contribution in [0.3, 0.4) is 0 Å². The Labute approximate surface area is 698 Å². The summed E-state index contributed by atoms with van der Waals surface area (Å²) in [5.41, 5.74) is -15.6. The molecule has 0 unspecified atom stereocenters. The van der Waals surface area contributed by atoms with Crippen molar-refractivity contribution in [1.82, 2.24) is 44.9 Å². The van der Waals surface area contributed by atoms with Crippen LogP contribution in [0, 0.1) is 105 Å². The number of nitrogens with zero attached hydrogens (tertiary/aromatic N) is 3. The summed E-state index contributed by atoms with van der Waals surface area (Å²) in [6.07, 6.45) is 7.33. The lowest BCUT2D eigenvalue weighted by atomic mass is 10.0. The van der Waals surface area contributed by atoms with E-state index in [9.17, 15) is 0 Å². The van der Waals surface area contributed by atoms with Crippen molar-refractivity contribution in [3.8, 4) is 100 Å². The van der Waals surface area contributed by atoms with Gasteiger partial charge in [-0.3, -0.25) is 0 Å². The molecular weight excluding hydrogens is 1660 g/mol. The Balaban J connectivity index is 1.00. The van der Waals surface area contributed by atoms with Crippen molar-refractivity contribution in [1.29, 1.82) is 0 Å². The quantitative estimate of drug-likeness (QED) is 0.0804. The van der Waals surface area contributed by atoms with Crippen LogP contribution in [0.25, 0.3) is 203 Å². The van der Waals surface area contributed by atoms with E-state index >= 15 is 79.0 Å². The number of aromatic nitrogens is 9. The number of halogens is 18. The van der Waals surface area contributed by atoms with E-state index in [2.05, 4.69) is 29.9 Å². The fourth-order valence-electron chi connectivity index (χ4n) is 16.3. The molecule has 3 aliphatic heterocycles. The van der Waals surface area contributed by atoms with Crippen LogP contribution in [0.5, 0.6) is 0 Å². The number of H-pyrrole nitrogens is 6. The summed E-state index contributed by atoms with van der Waals surface area (Å²) in [5, 5.41) is 0. The number of benzene rings is 9. The van der Waals surface area contributed by atoms with Crippen LogP contribution in [0.2, 0.25) is 0 Å². The molecule has 19 rings (SSSR count). The summed E-state index contributed by atoms with van der Waals surface area (Å²) in [4.78, 5) is 32.6. The molecule has 0 aliphatic carbocycles. The van der Waals surface area contributed by atoms with E-state index < -0.39 is 194 Å². The molecule has 7 aromatic heterocycles. The molecule has 18 bridgehead atoms. The Morgan fingerprint density at radius 1 is 0.119 bits per heavy atom. The molecule has 0 radical (unpaired) electrons. The number of aromatic amines is 6. The van der Waals surface area contributed by atoms with E-state index in [1.165, 1.54) is 109 Å². The van der Waals surface area contributed by atoms with Crippen LogP contribution in [0.1, 0.15) is 34.2 Å². The molecule has 0 fully saturated rings. The lowest BCUT2D eigenvalue weighted by Crippen LogP contribution is -1.96. The van der Waals surface area contributed by atoms with Gasteiger partial charge >= 0.3 is 0 Å². The highest BCUT2D eigenvalue weighted by molar-refractivity contribution is 6.05. The maximum atomic E-state index is 16.9. The van der Waals surface area contributed by atoms with Crippen molar-refractivity contribution in [3.63, 3.8) is 0 Å². The van der Waals surface area contributed by atoms with Crippen molar-refractivity contribution in [2.24, 2.45) is 0 Å². The lowest BCUT2D eigenvalue weighted by molar-refractivity contribution is 0.588. The second-order valence-electron chi connectivity index (χ2n) is 29.1. The largest absolute Gasteiger partial charge is 0.354 e. The van der Waals surface area contributed by atoms with Crippen molar-refractivity contribution >= 4 is 103 Å². The number of rotatable bonds is 9. The summed E-state index contributed by atoms with van der Waals surface area (Å²) in [6.45, 7) is 0. The average Bonchev–Trinajstić information content (AvgIpc) is 1.62. The van der Waals surface area contributed by atoms with Crippen LogP contribution in [0.4, 0.5) is 79.0 Å². The van der Waals surface area contributed by atoms with Crippen LogP contribution < -0.4 is 0 Å². The van der Waals surface area contributed by atoms with Gasteiger partial charge in [0.25, 0.3) is 0 Å². The Morgan fingerprint density at radius 2 is 0.214 bits per heavy atom. The number of hydrogen-bond acceptors (Lipinski definition) is 3. The fourth-order valence-corrected chi connectivity index (χ4v) is 16.3. The number of fused-ring (bicyclic) bond motifs is 18. The third-order valence-corrected chi connectivity index (χ3v) is 21.7. The molecule has 16 aromatic rings. The van der Waals surface area contributed by atoms with Gasteiger partial charge in [-0.1, -0.05) is 54.6 Å². The molecule has 10 heterocycles. The molecule has 0 spiro atoms. The van der Waals surface area contributed by atoms with Crippen molar-refractivity contribution in [3.05, 3.63) is 375 Å². The molecule has 9 aromatic carbocycles. The first-order chi connectivity index (χ1) is 60.9. The molecular formula is C99H51F18N9. The molecule has 27 heteroatoms. The van der Waals surface area contributed by atoms with Crippen LogP contribution in [-0.2, 0) is 0 Å². The molecule has 3 aliphatic rings. The highest BCUT2D eigenvalue weighted by Gasteiger charge is 2.31. The highest BCUT2D eigenvalue weighted by atomic mass is 19.2. The predicted octanol–water partition coefficient (Wildman–Crippen LogP) is 28.5. The third-order valence-electron chi connectivity index (χ3n) is 21.7. The minimum atomic E-state index is -1.21. The smallest absolute Gasteiger partial charge is 0.134 e. The second kappa shape index (κ2) is 31.8. The van der Waals surface area contributed by atoms with Gasteiger partial charge in [0.05, 0.1) is 84.2 Å². The van der Waals surface area contributed by atoms with Gasteiger partial charge in [-0.25, -0.2) is 94.0 Å². The van der Waals surface area contributed by atoms with Gasteiger partial charge in [-0.2, -0.15) is 0 Å². The predicted molar refractivity (Wildman–Crippen MR) is 452 cm³/mol. The summed E-state index contributed by atoms with van der Waals surface area (Å²) in [7, 11) is 0. The van der Waals surface area contributed by atoms with Gasteiger partial charge in [0.1, 0.15) is 105 Å². The minimum absolute atomic E-state index is 0.224. The molecule has 126 heavy (non-hydrogen) atoms. The monoisotopic (exact) mass is 1710 g/mol. The topological polar surface area (TPSA) is 133 Å². The first-order valence-corrected chi connectivity index (χ1v) is 38.4. The zero-order valence-electron chi connectivity index (χ0n) is 64.1. The van der Waals surface area contributed by atoms with E-state index in [0.29, 0.717) is 0 Å². The Morgan fingerprint density at radius 3 is 0.325 bits per heavy atom. The molecule has 9 nitrogen and oxygen atoms in total. The number of nitrogens with one attached hydrogen (secondary N) is 6. The van der Waals surface area contributed by atoms with Crippen LogP contribution >= 0.6 is 0 Å². The van der Waals surface area contributed by atoms with E-state index in [1.54, 1.807) is 0 Å². The van der Waals surface area contributed by atoms with Gasteiger partial charge < -0.3 is 29.9 Å². The van der Waals surface area contributed by atoms with Crippen molar-refractivity contribution < 1.29 is 79.0 Å². The van der Waals surface area contributed by atoms with Crippen molar-refractivity contribution in [2.45, 2.75) is 0 Å². The summed E-state index contributed by atoms with van der Waals surface area (Å²) in [6, 6.07) is 40.9. The first kappa shape index (κ1) is 79.8. The summed E-state index contributed by atoms with van der Waals surface area (Å²) in [5.74, 6) is -21.7. The normalized spacial score (nSPS) is 12.0. The third kappa shape index (κ3) is 13.9. The van der Waals surface area contributed by atoms with Gasteiger partial charge in [0.2, 0.25) is 0 Å². The molecule has 0 saturated heterocycles. The first-order valence-electron chi connectivity index (χ1n) is 38.4. The second-order valence-corrected chi connectivity index (χ2v) is 29.1. The van der Waals surface area contributed by atoms with Gasteiger partial charge in [0, 0.05) is 116 Å². The van der Waals surface area contributed by atoms with E-state index in [4.69, 9.17) is 15.0 Å². The van der Waals surface area contributed by atoms with Crippen LogP contribution in [-0.4, -0.2) is 44.9 Å². The molecule has 618 valence electrons. The molecule has 6 N–H and O–H groups in total. The minimum Gasteiger partial charge on any atom is -0.354 e. The Bertz CT molecular complexity index is 7820. The zero-order valence-corrected chi connectivity index (χ0v) is 64.1. The maximum absolute atomic E-state index is 16.9. The van der Waals surface area contributed by atoms with Gasteiger partial charge in [-0.05, 0) is 218 Å². The van der Waals surface area contributed by atoms with Crippen molar-refractivity contribution in [2.75, 3.05) is 0 Å². The van der Waals surface area contributed by atoms with Gasteiger partial charge in [-0.15, -0.1) is 0 Å². The molecule has 0 amide bonds.